The molecular formula is C10H11N3O5. The van der Waals surface area contributed by atoms with Gasteiger partial charge in [0.15, 0.2) is 0 Å². The molecule has 0 aliphatic carbocycles. The smallest absolute Gasteiger partial charge is 0.330 e. The number of aromatic amines is 1. The SMILES string of the molecule is N#Cc1cn([C@@H]2C[C@@H](O)[C@H](CO)O2)c(=O)[nH]c1=O. The third kappa shape index (κ3) is 2.06. The van der Waals surface area contributed by atoms with E-state index in [2.05, 4.69) is 0 Å². The molecule has 0 spiro atoms. The quantitative estimate of drug-likeness (QED) is 0.562. The molecule has 0 bridgehead atoms. The van der Waals surface area contributed by atoms with Crippen LogP contribution in [0.4, 0.5) is 0 Å². The Balaban J connectivity index is 2.39. The van der Waals surface area contributed by atoms with Gasteiger partial charge >= 0.3 is 5.69 Å². The van der Waals surface area contributed by atoms with Crippen LogP contribution in [-0.2, 0) is 4.74 Å². The van der Waals surface area contributed by atoms with Gasteiger partial charge in [0.05, 0.1) is 12.7 Å². The summed E-state index contributed by atoms with van der Waals surface area (Å²) in [4.78, 5) is 24.8. The first-order valence-corrected chi connectivity index (χ1v) is 5.26. The van der Waals surface area contributed by atoms with E-state index >= 15 is 0 Å². The lowest BCUT2D eigenvalue weighted by Crippen LogP contribution is -2.33. The Morgan fingerprint density at radius 1 is 1.61 bits per heavy atom. The second-order valence-electron chi connectivity index (χ2n) is 3.94. The molecule has 3 atom stereocenters. The van der Waals surface area contributed by atoms with E-state index in [4.69, 9.17) is 15.1 Å². The van der Waals surface area contributed by atoms with Crippen molar-refractivity contribution in [1.82, 2.24) is 9.55 Å². The van der Waals surface area contributed by atoms with Crippen LogP contribution in [0.25, 0.3) is 0 Å². The Kier molecular flexibility index (Phi) is 3.29. The number of nitriles is 1. The van der Waals surface area contributed by atoms with Gasteiger partial charge in [-0.1, -0.05) is 0 Å². The van der Waals surface area contributed by atoms with Gasteiger partial charge in [-0.2, -0.15) is 5.26 Å². The zero-order valence-corrected chi connectivity index (χ0v) is 9.24. The number of nitrogens with one attached hydrogen (secondary N) is 1. The number of aliphatic hydroxyl groups is 2. The fourth-order valence-corrected chi connectivity index (χ4v) is 1.83. The number of nitrogens with zero attached hydrogens (tertiary/aromatic N) is 2. The molecule has 1 saturated heterocycles. The molecule has 0 unspecified atom stereocenters. The van der Waals surface area contributed by atoms with E-state index in [-0.39, 0.29) is 18.6 Å². The van der Waals surface area contributed by atoms with E-state index in [1.165, 1.54) is 0 Å². The summed E-state index contributed by atoms with van der Waals surface area (Å²) in [7, 11) is 0. The predicted octanol–water partition coefficient (Wildman–Crippen LogP) is -1.95. The first-order chi connectivity index (χ1) is 8.56. The van der Waals surface area contributed by atoms with Crippen molar-refractivity contribution >= 4 is 0 Å². The molecule has 1 aliphatic heterocycles. The van der Waals surface area contributed by atoms with E-state index in [1.54, 1.807) is 6.07 Å². The molecule has 8 heteroatoms. The van der Waals surface area contributed by atoms with Crippen LogP contribution in [0.5, 0.6) is 0 Å². The van der Waals surface area contributed by atoms with Gasteiger partial charge in [0, 0.05) is 12.6 Å². The molecule has 0 radical (unpaired) electrons. The summed E-state index contributed by atoms with van der Waals surface area (Å²) in [5.74, 6) is 0. The highest BCUT2D eigenvalue weighted by atomic mass is 16.5. The number of aliphatic hydroxyl groups excluding tert-OH is 2. The molecule has 0 saturated carbocycles. The van der Waals surface area contributed by atoms with Crippen LogP contribution < -0.4 is 11.2 Å². The highest BCUT2D eigenvalue weighted by Gasteiger charge is 2.35. The Morgan fingerprint density at radius 2 is 2.33 bits per heavy atom. The predicted molar refractivity (Wildman–Crippen MR) is 57.7 cm³/mol. The van der Waals surface area contributed by atoms with Gasteiger partial charge in [-0.25, -0.2) is 4.79 Å². The van der Waals surface area contributed by atoms with Crippen LogP contribution in [0.3, 0.4) is 0 Å². The van der Waals surface area contributed by atoms with Gasteiger partial charge in [-0.15, -0.1) is 0 Å². The summed E-state index contributed by atoms with van der Waals surface area (Å²) in [6.45, 7) is -0.374. The zero-order valence-electron chi connectivity index (χ0n) is 9.24. The van der Waals surface area contributed by atoms with Crippen LogP contribution >= 0.6 is 0 Å². The zero-order chi connectivity index (χ0) is 13.3. The molecule has 2 rings (SSSR count). The number of hydrogen-bond acceptors (Lipinski definition) is 6. The molecule has 96 valence electrons. The number of ether oxygens (including phenoxy) is 1. The minimum Gasteiger partial charge on any atom is -0.394 e. The summed E-state index contributed by atoms with van der Waals surface area (Å²) in [5.41, 5.74) is -1.72. The van der Waals surface area contributed by atoms with Gasteiger partial charge < -0.3 is 14.9 Å². The van der Waals surface area contributed by atoms with E-state index in [9.17, 15) is 14.7 Å². The molecule has 3 N–H and O–H groups in total. The number of rotatable bonds is 2. The maximum atomic E-state index is 11.6. The summed E-state index contributed by atoms with van der Waals surface area (Å²) >= 11 is 0. The molecule has 8 nitrogen and oxygen atoms in total. The normalized spacial score (nSPS) is 27.1. The van der Waals surface area contributed by atoms with Crippen molar-refractivity contribution in [2.45, 2.75) is 24.9 Å². The van der Waals surface area contributed by atoms with Crippen molar-refractivity contribution in [1.29, 1.82) is 5.26 Å². The van der Waals surface area contributed by atoms with Crippen molar-refractivity contribution in [2.24, 2.45) is 0 Å². The third-order valence-electron chi connectivity index (χ3n) is 2.78. The lowest BCUT2D eigenvalue weighted by atomic mass is 10.2. The Bertz CT molecular complexity index is 599. The van der Waals surface area contributed by atoms with Crippen LogP contribution in [-0.4, -0.2) is 38.6 Å². The van der Waals surface area contributed by atoms with E-state index in [0.717, 1.165) is 10.8 Å². The van der Waals surface area contributed by atoms with Crippen molar-refractivity contribution in [3.63, 3.8) is 0 Å². The summed E-state index contributed by atoms with van der Waals surface area (Å²) < 4.78 is 6.29. The van der Waals surface area contributed by atoms with Gasteiger partial charge in [-0.05, 0) is 0 Å². The summed E-state index contributed by atoms with van der Waals surface area (Å²) in [5, 5.41) is 27.2. The minimum absolute atomic E-state index is 0.0993. The fraction of sp³-hybridized carbons (Fsp3) is 0.500. The lowest BCUT2D eigenvalue weighted by molar-refractivity contribution is -0.0459. The molecule has 1 aromatic rings. The number of aromatic nitrogens is 2. The lowest BCUT2D eigenvalue weighted by Gasteiger charge is -2.14. The van der Waals surface area contributed by atoms with Crippen LogP contribution in [0.2, 0.25) is 0 Å². The van der Waals surface area contributed by atoms with Gasteiger partial charge in [0.25, 0.3) is 5.56 Å². The molecule has 0 aromatic carbocycles. The van der Waals surface area contributed by atoms with Crippen molar-refractivity contribution in [3.05, 3.63) is 32.6 Å². The average molecular weight is 253 g/mol. The molecule has 18 heavy (non-hydrogen) atoms. The summed E-state index contributed by atoms with van der Waals surface area (Å²) in [6, 6.07) is 1.65. The number of H-pyrrole nitrogens is 1. The summed E-state index contributed by atoms with van der Waals surface area (Å²) in [6.07, 6.45) is -1.31. The first-order valence-electron chi connectivity index (χ1n) is 5.26. The van der Waals surface area contributed by atoms with E-state index in [0.29, 0.717) is 0 Å². The Morgan fingerprint density at radius 3 is 2.89 bits per heavy atom. The second-order valence-corrected chi connectivity index (χ2v) is 3.94. The second kappa shape index (κ2) is 4.73. The molecule has 1 aromatic heterocycles. The van der Waals surface area contributed by atoms with Crippen molar-refractivity contribution < 1.29 is 14.9 Å². The monoisotopic (exact) mass is 253 g/mol. The Hall–Kier alpha value is -1.95. The highest BCUT2D eigenvalue weighted by Crippen LogP contribution is 2.27. The molecule has 1 aliphatic rings. The van der Waals surface area contributed by atoms with Crippen molar-refractivity contribution in [2.75, 3.05) is 6.61 Å². The van der Waals surface area contributed by atoms with Gasteiger partial charge in [0.1, 0.15) is 24.0 Å². The molecular weight excluding hydrogens is 242 g/mol. The van der Waals surface area contributed by atoms with Crippen LogP contribution in [0.1, 0.15) is 18.2 Å². The first kappa shape index (κ1) is 12.5. The highest BCUT2D eigenvalue weighted by molar-refractivity contribution is 5.21. The maximum Gasteiger partial charge on any atom is 0.330 e. The van der Waals surface area contributed by atoms with E-state index in [1.807, 2.05) is 4.98 Å². The average Bonchev–Trinajstić information content (AvgIpc) is 2.70. The molecule has 0 amide bonds. The van der Waals surface area contributed by atoms with Gasteiger partial charge in [-0.3, -0.25) is 14.3 Å². The Labute approximate surface area is 101 Å². The third-order valence-corrected chi connectivity index (χ3v) is 2.78. The fourth-order valence-electron chi connectivity index (χ4n) is 1.83. The largest absolute Gasteiger partial charge is 0.394 e. The maximum absolute atomic E-state index is 11.6. The topological polar surface area (TPSA) is 128 Å². The number of hydrogen-bond donors (Lipinski definition) is 3. The van der Waals surface area contributed by atoms with Gasteiger partial charge in [0.2, 0.25) is 0 Å². The van der Waals surface area contributed by atoms with Crippen LogP contribution in [0, 0.1) is 11.3 Å². The molecule has 2 heterocycles. The van der Waals surface area contributed by atoms with Crippen molar-refractivity contribution in [3.8, 4) is 6.07 Å². The standard InChI is InChI=1S/C10H11N3O5/c11-2-5-3-13(10(17)12-9(5)16)8-1-6(15)7(4-14)18-8/h3,6-8,14-15H,1,4H2,(H,12,16,17)/t6-,7+,8+/m1/s1. The minimum atomic E-state index is -0.899. The van der Waals surface area contributed by atoms with E-state index < -0.39 is 29.7 Å². The molecule has 1 fully saturated rings. The van der Waals surface area contributed by atoms with Crippen LogP contribution in [0.15, 0.2) is 15.8 Å².